The van der Waals surface area contributed by atoms with Crippen LogP contribution in [0.3, 0.4) is 0 Å². The van der Waals surface area contributed by atoms with Gasteiger partial charge in [-0.25, -0.2) is 4.79 Å². The second kappa shape index (κ2) is 5.77. The van der Waals surface area contributed by atoms with Crippen LogP contribution in [0.25, 0.3) is 0 Å². The molecule has 0 saturated carbocycles. The average Bonchev–Trinajstić information content (AvgIpc) is 2.86. The Labute approximate surface area is 125 Å². The molecule has 1 aromatic rings. The minimum atomic E-state index is -0.494. The maximum Gasteiger partial charge on any atom is 0.330 e. The van der Waals surface area contributed by atoms with Crippen molar-refractivity contribution >= 4 is 5.97 Å². The molecular weight excluding hydrogens is 270 g/mol. The van der Waals surface area contributed by atoms with Gasteiger partial charge in [-0.1, -0.05) is 5.16 Å². The van der Waals surface area contributed by atoms with Crippen molar-refractivity contribution in [2.45, 2.75) is 46.0 Å². The Kier molecular flexibility index (Phi) is 4.39. The molecule has 0 aliphatic carbocycles. The third-order valence-corrected chi connectivity index (χ3v) is 4.07. The summed E-state index contributed by atoms with van der Waals surface area (Å²) in [4.78, 5) is 17.4. The lowest BCUT2D eigenvalue weighted by molar-refractivity contribution is -0.206. The van der Waals surface area contributed by atoms with Gasteiger partial charge in [0, 0.05) is 31.1 Å². The highest BCUT2D eigenvalue weighted by Crippen LogP contribution is 2.34. The molecule has 0 radical (unpaired) electrons. The van der Waals surface area contributed by atoms with Gasteiger partial charge < -0.3 is 15.1 Å². The molecule has 0 bridgehead atoms. The number of nitrogens with two attached hydrogens (primary N) is 1. The third kappa shape index (κ3) is 3.44. The van der Waals surface area contributed by atoms with Crippen LogP contribution < -0.4 is 5.73 Å². The van der Waals surface area contributed by atoms with E-state index in [0.717, 1.165) is 24.3 Å². The first kappa shape index (κ1) is 16.0. The summed E-state index contributed by atoms with van der Waals surface area (Å²) in [5, 5.41) is 5.86. The number of hydrogen-bond acceptors (Lipinski definition) is 6. The number of hydrogen-bond donors (Lipinski definition) is 1. The number of piperidine rings is 1. The minimum Gasteiger partial charge on any atom is -0.367 e. The Bertz CT molecular complexity index is 497. The first-order valence-electron chi connectivity index (χ1n) is 7.38. The van der Waals surface area contributed by atoms with E-state index in [1.807, 2.05) is 33.8 Å². The zero-order valence-electron chi connectivity index (χ0n) is 13.3. The zero-order chi connectivity index (χ0) is 15.7. The first-order valence-corrected chi connectivity index (χ1v) is 7.38. The summed E-state index contributed by atoms with van der Waals surface area (Å²) in [5.41, 5.74) is 6.22. The summed E-state index contributed by atoms with van der Waals surface area (Å²) in [5.74, 6) is 0.583. The van der Waals surface area contributed by atoms with E-state index in [4.69, 9.17) is 15.1 Å². The molecule has 1 saturated heterocycles. The Hall–Kier alpha value is -1.40. The molecule has 2 heterocycles. The lowest BCUT2D eigenvalue weighted by atomic mass is 9.76. The van der Waals surface area contributed by atoms with Gasteiger partial charge in [-0.15, -0.1) is 5.06 Å². The second-order valence-electron chi connectivity index (χ2n) is 6.87. The SMILES string of the molecule is Cc1cc(C2(CN)CCN(OC(=O)C(C)(C)C)CC2)no1. The van der Waals surface area contributed by atoms with Crippen molar-refractivity contribution in [1.29, 1.82) is 0 Å². The molecule has 1 aromatic heterocycles. The van der Waals surface area contributed by atoms with E-state index in [1.165, 1.54) is 0 Å². The maximum absolute atomic E-state index is 11.9. The topological polar surface area (TPSA) is 81.6 Å². The van der Waals surface area contributed by atoms with Crippen LogP contribution in [0.1, 0.15) is 45.1 Å². The van der Waals surface area contributed by atoms with Crippen molar-refractivity contribution in [2.75, 3.05) is 19.6 Å². The van der Waals surface area contributed by atoms with Crippen LogP contribution in [0.4, 0.5) is 0 Å². The normalized spacial score (nSPS) is 19.5. The summed E-state index contributed by atoms with van der Waals surface area (Å²) < 4.78 is 5.18. The maximum atomic E-state index is 11.9. The van der Waals surface area contributed by atoms with Gasteiger partial charge in [0.25, 0.3) is 0 Å². The van der Waals surface area contributed by atoms with Crippen molar-refractivity contribution in [3.05, 3.63) is 17.5 Å². The van der Waals surface area contributed by atoms with Gasteiger partial charge >= 0.3 is 5.97 Å². The van der Waals surface area contributed by atoms with Crippen LogP contribution in [-0.4, -0.2) is 35.8 Å². The van der Waals surface area contributed by atoms with Gasteiger partial charge in [0.2, 0.25) is 0 Å². The molecule has 118 valence electrons. The Balaban J connectivity index is 2.00. The van der Waals surface area contributed by atoms with Crippen LogP contribution in [0.2, 0.25) is 0 Å². The van der Waals surface area contributed by atoms with Crippen molar-refractivity contribution in [3.8, 4) is 0 Å². The van der Waals surface area contributed by atoms with Crippen LogP contribution in [0.15, 0.2) is 10.6 Å². The lowest BCUT2D eigenvalue weighted by Gasteiger charge is -2.39. The highest BCUT2D eigenvalue weighted by molar-refractivity contribution is 5.75. The number of rotatable bonds is 3. The minimum absolute atomic E-state index is 0.178. The molecule has 0 amide bonds. The smallest absolute Gasteiger partial charge is 0.330 e. The predicted octanol–water partition coefficient (Wildman–Crippen LogP) is 1.78. The summed E-state index contributed by atoms with van der Waals surface area (Å²) >= 11 is 0. The van der Waals surface area contributed by atoms with Crippen molar-refractivity contribution in [3.63, 3.8) is 0 Å². The molecule has 6 nitrogen and oxygen atoms in total. The van der Waals surface area contributed by atoms with E-state index in [9.17, 15) is 4.79 Å². The summed E-state index contributed by atoms with van der Waals surface area (Å²) in [6, 6.07) is 1.95. The predicted molar refractivity (Wildman–Crippen MR) is 78.3 cm³/mol. The first-order chi connectivity index (χ1) is 9.77. The van der Waals surface area contributed by atoms with Gasteiger partial charge in [-0.2, -0.15) is 0 Å². The fraction of sp³-hybridized carbons (Fsp3) is 0.733. The third-order valence-electron chi connectivity index (χ3n) is 4.07. The van der Waals surface area contributed by atoms with Gasteiger partial charge in [0.1, 0.15) is 5.76 Å². The molecular formula is C15H25N3O3. The van der Waals surface area contributed by atoms with Gasteiger partial charge in [0.05, 0.1) is 11.1 Å². The molecule has 0 aromatic carbocycles. The largest absolute Gasteiger partial charge is 0.367 e. The van der Waals surface area contributed by atoms with E-state index in [2.05, 4.69) is 5.16 Å². The van der Waals surface area contributed by atoms with E-state index in [-0.39, 0.29) is 11.4 Å². The molecule has 1 fully saturated rings. The zero-order valence-corrected chi connectivity index (χ0v) is 13.3. The molecule has 0 unspecified atom stereocenters. The van der Waals surface area contributed by atoms with Crippen molar-refractivity contribution in [2.24, 2.45) is 11.1 Å². The van der Waals surface area contributed by atoms with E-state index < -0.39 is 5.41 Å². The summed E-state index contributed by atoms with van der Waals surface area (Å²) in [6.45, 7) is 9.25. The van der Waals surface area contributed by atoms with E-state index >= 15 is 0 Å². The molecule has 21 heavy (non-hydrogen) atoms. The molecule has 2 N–H and O–H groups in total. The number of aryl methyl sites for hydroxylation is 1. The number of carbonyl (C=O) groups is 1. The van der Waals surface area contributed by atoms with Crippen LogP contribution in [-0.2, 0) is 15.0 Å². The highest BCUT2D eigenvalue weighted by Gasteiger charge is 2.39. The Morgan fingerprint density at radius 1 is 1.48 bits per heavy atom. The van der Waals surface area contributed by atoms with Crippen LogP contribution >= 0.6 is 0 Å². The van der Waals surface area contributed by atoms with Crippen LogP contribution in [0.5, 0.6) is 0 Å². The van der Waals surface area contributed by atoms with E-state index in [0.29, 0.717) is 19.6 Å². The van der Waals surface area contributed by atoms with Crippen molar-refractivity contribution in [1.82, 2.24) is 10.2 Å². The standard InChI is InChI=1S/C15H25N3O3/c1-11-9-12(17-20-11)15(10-16)5-7-18(8-6-15)21-13(19)14(2,3)4/h9H,5-8,10,16H2,1-4H3. The quantitative estimate of drug-likeness (QED) is 0.915. The van der Waals surface area contributed by atoms with Crippen molar-refractivity contribution < 1.29 is 14.2 Å². The number of hydroxylamine groups is 2. The van der Waals surface area contributed by atoms with Gasteiger partial charge in [0.15, 0.2) is 0 Å². The molecule has 1 aliphatic heterocycles. The number of nitrogens with zero attached hydrogens (tertiary/aromatic N) is 2. The van der Waals surface area contributed by atoms with Gasteiger partial charge in [-0.3, -0.25) is 0 Å². The fourth-order valence-corrected chi connectivity index (χ4v) is 2.44. The number of carbonyl (C=O) groups excluding carboxylic acids is 1. The average molecular weight is 295 g/mol. The monoisotopic (exact) mass is 295 g/mol. The Morgan fingerprint density at radius 2 is 2.10 bits per heavy atom. The molecule has 0 spiro atoms. The molecule has 0 atom stereocenters. The second-order valence-corrected chi connectivity index (χ2v) is 6.87. The number of aromatic nitrogens is 1. The van der Waals surface area contributed by atoms with Gasteiger partial charge in [-0.05, 0) is 40.5 Å². The Morgan fingerprint density at radius 3 is 2.52 bits per heavy atom. The molecule has 1 aliphatic rings. The van der Waals surface area contributed by atoms with Crippen LogP contribution in [0, 0.1) is 12.3 Å². The molecule has 6 heteroatoms. The summed E-state index contributed by atoms with van der Waals surface area (Å²) in [7, 11) is 0. The fourth-order valence-electron chi connectivity index (χ4n) is 2.44. The lowest BCUT2D eigenvalue weighted by Crippen LogP contribution is -2.48. The summed E-state index contributed by atoms with van der Waals surface area (Å²) in [6.07, 6.45) is 1.60. The highest BCUT2D eigenvalue weighted by atomic mass is 16.7. The van der Waals surface area contributed by atoms with E-state index in [1.54, 1.807) is 5.06 Å². The molecule has 2 rings (SSSR count).